The predicted octanol–water partition coefficient (Wildman–Crippen LogP) is 1.82. The topological polar surface area (TPSA) is 120 Å². The van der Waals surface area contributed by atoms with E-state index in [2.05, 4.69) is 4.72 Å². The average molecular weight is 556 g/mol. The largest absolute Gasteiger partial charge is 0.374 e. The zero-order valence-electron chi connectivity index (χ0n) is 22.3. The molecule has 38 heavy (non-hydrogen) atoms. The molecule has 0 unspecified atom stereocenters. The highest BCUT2D eigenvalue weighted by atomic mass is 32.2. The Morgan fingerprint density at radius 1 is 0.842 bits per heavy atom. The van der Waals surface area contributed by atoms with Crippen LogP contribution in [0.2, 0.25) is 0 Å². The van der Waals surface area contributed by atoms with Gasteiger partial charge in [-0.2, -0.15) is 0 Å². The minimum Gasteiger partial charge on any atom is -0.374 e. The first-order valence-corrected chi connectivity index (χ1v) is 14.7. The van der Waals surface area contributed by atoms with Crippen molar-refractivity contribution in [3.8, 4) is 0 Å². The lowest BCUT2D eigenvalue weighted by Crippen LogP contribution is -2.56. The fourth-order valence-corrected chi connectivity index (χ4v) is 5.85. The van der Waals surface area contributed by atoms with E-state index >= 15 is 0 Å². The number of sulfonamides is 1. The van der Waals surface area contributed by atoms with E-state index in [1.165, 1.54) is 0 Å². The summed E-state index contributed by atoms with van der Waals surface area (Å²) in [6.07, 6.45) is 0.791. The van der Waals surface area contributed by atoms with E-state index in [0.29, 0.717) is 6.61 Å². The molecule has 8 atom stereocenters. The molecule has 12 heteroatoms. The monoisotopic (exact) mass is 555 g/mol. The molecule has 4 heterocycles. The van der Waals surface area contributed by atoms with Gasteiger partial charge in [-0.15, -0.1) is 0 Å². The summed E-state index contributed by atoms with van der Waals surface area (Å²) in [4.78, 5) is 0. The Hall–Kier alpha value is -1.45. The van der Waals surface area contributed by atoms with Crippen LogP contribution in [0.15, 0.2) is 42.5 Å². The standard InChI is InChI=1S/C26H37NO10S/c1-25(2)34-21-19(33-24-23(22(21)35-25)36-26(3,4)37-24)15-31-20-12-11-17(27-38(5,28)29)18(32-20)14-30-13-16-9-7-6-8-10-16/h6-12,17-24,27H,13-15H2,1-5H3/t17-,18-,19-,20+,21+,22+,23-,24-/m1/s1. The van der Waals surface area contributed by atoms with Gasteiger partial charge in [0.25, 0.3) is 0 Å². The molecule has 11 nitrogen and oxygen atoms in total. The maximum atomic E-state index is 11.9. The number of ether oxygens (including phenoxy) is 8. The molecule has 0 spiro atoms. The van der Waals surface area contributed by atoms with Gasteiger partial charge in [0.2, 0.25) is 10.0 Å². The van der Waals surface area contributed by atoms with Gasteiger partial charge in [-0.05, 0) is 39.3 Å². The molecule has 1 N–H and O–H groups in total. The summed E-state index contributed by atoms with van der Waals surface area (Å²) in [6.45, 7) is 8.02. The van der Waals surface area contributed by atoms with Crippen LogP contribution in [0.25, 0.3) is 0 Å². The fraction of sp³-hybridized carbons (Fsp3) is 0.692. The molecule has 0 amide bonds. The molecule has 0 radical (unpaired) electrons. The van der Waals surface area contributed by atoms with Crippen molar-refractivity contribution in [1.29, 1.82) is 0 Å². The highest BCUT2D eigenvalue weighted by Gasteiger charge is 2.60. The van der Waals surface area contributed by atoms with Crippen LogP contribution in [-0.4, -0.2) is 88.6 Å². The van der Waals surface area contributed by atoms with E-state index in [-0.39, 0.29) is 19.3 Å². The van der Waals surface area contributed by atoms with Crippen molar-refractivity contribution in [2.75, 3.05) is 19.5 Å². The lowest BCUT2D eigenvalue weighted by molar-refractivity contribution is -0.257. The van der Waals surface area contributed by atoms with Gasteiger partial charge in [-0.1, -0.05) is 36.4 Å². The van der Waals surface area contributed by atoms with Gasteiger partial charge in [-0.25, -0.2) is 13.1 Å². The average Bonchev–Trinajstić information content (AvgIpc) is 3.32. The number of hydrogen-bond donors (Lipinski definition) is 1. The van der Waals surface area contributed by atoms with Crippen LogP contribution < -0.4 is 4.72 Å². The van der Waals surface area contributed by atoms with Crippen molar-refractivity contribution in [1.82, 2.24) is 4.72 Å². The summed E-state index contributed by atoms with van der Waals surface area (Å²) in [5.41, 5.74) is 1.00. The van der Waals surface area contributed by atoms with Crippen molar-refractivity contribution >= 4 is 10.0 Å². The van der Waals surface area contributed by atoms with E-state index < -0.39 is 64.6 Å². The number of nitrogens with one attached hydrogen (secondary N) is 1. The number of benzene rings is 1. The van der Waals surface area contributed by atoms with Crippen molar-refractivity contribution in [2.45, 2.75) is 95.0 Å². The van der Waals surface area contributed by atoms with Crippen LogP contribution >= 0.6 is 0 Å². The number of fused-ring (bicyclic) bond motifs is 3. The molecule has 1 aromatic rings. The molecule has 4 aliphatic rings. The molecule has 3 saturated heterocycles. The van der Waals surface area contributed by atoms with Gasteiger partial charge in [0.15, 0.2) is 24.2 Å². The van der Waals surface area contributed by atoms with E-state index in [1.54, 1.807) is 12.2 Å². The van der Waals surface area contributed by atoms with Crippen molar-refractivity contribution < 1.29 is 46.3 Å². The third-order valence-corrected chi connectivity index (χ3v) is 7.30. The first kappa shape index (κ1) is 28.1. The van der Waals surface area contributed by atoms with Gasteiger partial charge in [0.05, 0.1) is 32.1 Å². The second-order valence-electron chi connectivity index (χ2n) is 10.9. The Morgan fingerprint density at radius 3 is 2.26 bits per heavy atom. The number of hydrogen-bond acceptors (Lipinski definition) is 10. The summed E-state index contributed by atoms with van der Waals surface area (Å²) in [5.74, 6) is -1.62. The van der Waals surface area contributed by atoms with Crippen LogP contribution in [-0.2, 0) is 54.5 Å². The van der Waals surface area contributed by atoms with E-state index in [1.807, 2.05) is 58.0 Å². The minimum absolute atomic E-state index is 0.129. The Bertz CT molecular complexity index is 1090. The van der Waals surface area contributed by atoms with E-state index in [0.717, 1.165) is 11.8 Å². The molecule has 0 saturated carbocycles. The normalized spacial score (nSPS) is 37.6. The lowest BCUT2D eigenvalue weighted by atomic mass is 9.99. The van der Waals surface area contributed by atoms with Gasteiger partial charge in [0, 0.05) is 0 Å². The van der Waals surface area contributed by atoms with Crippen LogP contribution in [0.5, 0.6) is 0 Å². The van der Waals surface area contributed by atoms with Gasteiger partial charge >= 0.3 is 0 Å². The summed E-state index contributed by atoms with van der Waals surface area (Å²) >= 11 is 0. The third-order valence-electron chi connectivity index (χ3n) is 6.60. The third kappa shape index (κ3) is 6.81. The Kier molecular flexibility index (Phi) is 8.02. The summed E-state index contributed by atoms with van der Waals surface area (Å²) in [7, 11) is -3.47. The fourth-order valence-electron chi connectivity index (χ4n) is 5.12. The highest BCUT2D eigenvalue weighted by molar-refractivity contribution is 7.88. The molecule has 1 aromatic carbocycles. The lowest BCUT2D eigenvalue weighted by Gasteiger charge is -2.38. The van der Waals surface area contributed by atoms with Crippen LogP contribution in [0.4, 0.5) is 0 Å². The smallest absolute Gasteiger partial charge is 0.209 e. The molecule has 0 aliphatic carbocycles. The van der Waals surface area contributed by atoms with Crippen LogP contribution in [0.3, 0.4) is 0 Å². The van der Waals surface area contributed by atoms with Crippen molar-refractivity contribution in [3.63, 3.8) is 0 Å². The minimum atomic E-state index is -3.47. The second-order valence-corrected chi connectivity index (χ2v) is 12.7. The summed E-state index contributed by atoms with van der Waals surface area (Å²) in [6, 6.07) is 9.11. The first-order chi connectivity index (χ1) is 17.9. The van der Waals surface area contributed by atoms with Crippen LogP contribution in [0, 0.1) is 0 Å². The molecular formula is C26H37NO10S. The van der Waals surface area contributed by atoms with Crippen molar-refractivity contribution in [3.05, 3.63) is 48.0 Å². The van der Waals surface area contributed by atoms with Gasteiger partial charge in [-0.3, -0.25) is 0 Å². The van der Waals surface area contributed by atoms with E-state index in [9.17, 15) is 8.42 Å². The van der Waals surface area contributed by atoms with Crippen molar-refractivity contribution in [2.24, 2.45) is 0 Å². The molecule has 212 valence electrons. The van der Waals surface area contributed by atoms with Crippen LogP contribution in [0.1, 0.15) is 33.3 Å². The predicted molar refractivity (Wildman–Crippen MR) is 134 cm³/mol. The highest BCUT2D eigenvalue weighted by Crippen LogP contribution is 2.44. The quantitative estimate of drug-likeness (QED) is 0.452. The zero-order valence-corrected chi connectivity index (χ0v) is 23.1. The summed E-state index contributed by atoms with van der Waals surface area (Å²) < 4.78 is 74.9. The van der Waals surface area contributed by atoms with E-state index in [4.69, 9.17) is 37.9 Å². The Morgan fingerprint density at radius 2 is 1.53 bits per heavy atom. The molecule has 0 bridgehead atoms. The molecule has 3 fully saturated rings. The first-order valence-electron chi connectivity index (χ1n) is 12.8. The molecule has 0 aromatic heterocycles. The SMILES string of the molecule is CC1(C)O[C@H]2[C@@H](O1)[C@@H](CO[C@@H]1C=C[C@@H](NS(C)(=O)=O)[C@@H](COCc3ccccc3)O1)O[C@@H]1OC(C)(C)O[C@@H]12. The molecular weight excluding hydrogens is 518 g/mol. The Balaban J connectivity index is 1.22. The second kappa shape index (κ2) is 10.8. The van der Waals surface area contributed by atoms with Gasteiger partial charge in [0.1, 0.15) is 30.5 Å². The summed E-state index contributed by atoms with van der Waals surface area (Å²) in [5, 5.41) is 0. The molecule has 4 aliphatic heterocycles. The maximum absolute atomic E-state index is 11.9. The van der Waals surface area contributed by atoms with Gasteiger partial charge < -0.3 is 37.9 Å². The molecule has 5 rings (SSSR count). The number of rotatable bonds is 9. The zero-order chi connectivity index (χ0) is 27.1. The Labute approximate surface area is 223 Å². The maximum Gasteiger partial charge on any atom is 0.209 e.